The third-order valence-corrected chi connectivity index (χ3v) is 11.0. The van der Waals surface area contributed by atoms with Gasteiger partial charge in [-0.15, -0.1) is 0 Å². The molecule has 1 heteroatoms. The van der Waals surface area contributed by atoms with E-state index < -0.39 is 0 Å². The fourth-order valence-electron chi connectivity index (χ4n) is 8.58. The maximum atomic E-state index is 2.44. The SMILES string of the molecule is CC1c2ccc(-c3ccc4c(c3)c3ccccc3n4-c3cccc(-c4ccccc4)c3)cc2-c2ccccc2C1c1ccc2ccccc2c1. The maximum Gasteiger partial charge on any atom is 0.0541 e. The van der Waals surface area contributed by atoms with Gasteiger partial charge in [0.25, 0.3) is 0 Å². The number of aromatic nitrogens is 1. The number of benzene rings is 8. The van der Waals surface area contributed by atoms with Crippen LogP contribution in [-0.2, 0) is 0 Å². The highest BCUT2D eigenvalue weighted by molar-refractivity contribution is 6.10. The van der Waals surface area contributed by atoms with Crippen molar-refractivity contribution in [2.24, 2.45) is 0 Å². The van der Waals surface area contributed by atoms with Gasteiger partial charge in [-0.05, 0) is 103 Å². The van der Waals surface area contributed by atoms with Crippen molar-refractivity contribution in [2.45, 2.75) is 18.8 Å². The Bertz CT molecular complexity index is 2730. The molecule has 0 fully saturated rings. The zero-order valence-corrected chi connectivity index (χ0v) is 27.9. The summed E-state index contributed by atoms with van der Waals surface area (Å²) in [4.78, 5) is 0. The van der Waals surface area contributed by atoms with E-state index in [1.165, 1.54) is 88.3 Å². The van der Waals surface area contributed by atoms with Crippen LogP contribution in [-0.4, -0.2) is 4.57 Å². The monoisotopic (exact) mass is 637 g/mol. The topological polar surface area (TPSA) is 4.93 Å². The van der Waals surface area contributed by atoms with E-state index in [1.807, 2.05) is 0 Å². The highest BCUT2D eigenvalue weighted by atomic mass is 15.0. The van der Waals surface area contributed by atoms with Gasteiger partial charge in [0.1, 0.15) is 0 Å². The van der Waals surface area contributed by atoms with Crippen LogP contribution in [0.25, 0.3) is 71.6 Å². The Morgan fingerprint density at radius 2 is 1.10 bits per heavy atom. The Kier molecular flexibility index (Phi) is 6.60. The molecular formula is C49H35N. The second-order valence-electron chi connectivity index (χ2n) is 13.8. The predicted octanol–water partition coefficient (Wildman–Crippen LogP) is 13.2. The van der Waals surface area contributed by atoms with Gasteiger partial charge in [-0.1, -0.05) is 153 Å². The molecule has 9 aromatic rings. The summed E-state index contributed by atoms with van der Waals surface area (Å²) in [5.41, 5.74) is 15.5. The van der Waals surface area contributed by atoms with E-state index in [9.17, 15) is 0 Å². The van der Waals surface area contributed by atoms with Crippen molar-refractivity contribution in [1.82, 2.24) is 4.57 Å². The van der Waals surface area contributed by atoms with Gasteiger partial charge in [-0.2, -0.15) is 0 Å². The van der Waals surface area contributed by atoms with Crippen LogP contribution in [0.2, 0.25) is 0 Å². The summed E-state index contributed by atoms with van der Waals surface area (Å²) in [6, 6.07) is 67.3. The van der Waals surface area contributed by atoms with E-state index in [-0.39, 0.29) is 0 Å². The second kappa shape index (κ2) is 11.5. The van der Waals surface area contributed by atoms with Crippen LogP contribution in [0.4, 0.5) is 0 Å². The van der Waals surface area contributed by atoms with Crippen molar-refractivity contribution in [1.29, 1.82) is 0 Å². The standard InChI is InChI=1S/C49H35N/c1-32-41-26-24-37(30-45(41)42-18-7-8-20-44(42)49(32)39-23-22-34-14-5-6-15-35(34)28-39)38-25-27-48-46(31-38)43-19-9-10-21-47(43)50(48)40-17-11-16-36(29-40)33-12-3-2-4-13-33/h2-32,49H,1H3. The van der Waals surface area contributed by atoms with Crippen molar-refractivity contribution in [3.05, 3.63) is 199 Å². The van der Waals surface area contributed by atoms with E-state index >= 15 is 0 Å². The van der Waals surface area contributed by atoms with E-state index in [4.69, 9.17) is 0 Å². The minimum atomic E-state index is 0.303. The molecule has 1 aliphatic carbocycles. The first-order chi connectivity index (χ1) is 24.7. The first-order valence-corrected chi connectivity index (χ1v) is 17.6. The molecule has 1 aromatic heterocycles. The molecule has 0 N–H and O–H groups in total. The fraction of sp³-hybridized carbons (Fsp3) is 0.0612. The average Bonchev–Trinajstić information content (AvgIpc) is 3.52. The Balaban J connectivity index is 1.09. The lowest BCUT2D eigenvalue weighted by Gasteiger charge is -2.34. The first kappa shape index (κ1) is 28.8. The lowest BCUT2D eigenvalue weighted by atomic mass is 9.69. The quantitative estimate of drug-likeness (QED) is 0.181. The molecule has 236 valence electrons. The maximum absolute atomic E-state index is 2.44. The van der Waals surface area contributed by atoms with Gasteiger partial charge in [-0.3, -0.25) is 0 Å². The molecule has 0 amide bonds. The molecule has 1 heterocycles. The number of nitrogens with zero attached hydrogens (tertiary/aromatic N) is 1. The van der Waals surface area contributed by atoms with Gasteiger partial charge in [0, 0.05) is 22.4 Å². The smallest absolute Gasteiger partial charge is 0.0541 e. The molecule has 50 heavy (non-hydrogen) atoms. The van der Waals surface area contributed by atoms with Crippen LogP contribution in [0.15, 0.2) is 182 Å². The molecule has 10 rings (SSSR count). The highest BCUT2D eigenvalue weighted by Gasteiger charge is 2.32. The molecule has 1 aliphatic rings. The number of fused-ring (bicyclic) bond motifs is 7. The van der Waals surface area contributed by atoms with E-state index in [2.05, 4.69) is 193 Å². The predicted molar refractivity (Wildman–Crippen MR) is 211 cm³/mol. The molecule has 0 bridgehead atoms. The number of para-hydroxylation sites is 1. The summed E-state index contributed by atoms with van der Waals surface area (Å²) in [5.74, 6) is 0.652. The Hall–Kier alpha value is -6.18. The van der Waals surface area contributed by atoms with E-state index in [1.54, 1.807) is 0 Å². The number of rotatable bonds is 4. The van der Waals surface area contributed by atoms with Crippen LogP contribution < -0.4 is 0 Å². The zero-order chi connectivity index (χ0) is 33.2. The fourth-order valence-corrected chi connectivity index (χ4v) is 8.58. The largest absolute Gasteiger partial charge is 0.309 e. The van der Waals surface area contributed by atoms with Crippen LogP contribution in [0.3, 0.4) is 0 Å². The lowest BCUT2D eigenvalue weighted by molar-refractivity contribution is 0.650. The van der Waals surface area contributed by atoms with E-state index in [0.29, 0.717) is 11.8 Å². The minimum absolute atomic E-state index is 0.303. The van der Waals surface area contributed by atoms with Crippen molar-refractivity contribution >= 4 is 32.6 Å². The second-order valence-corrected chi connectivity index (χ2v) is 13.8. The third-order valence-electron chi connectivity index (χ3n) is 11.0. The summed E-state index contributed by atoms with van der Waals surface area (Å²) in [7, 11) is 0. The summed E-state index contributed by atoms with van der Waals surface area (Å²) >= 11 is 0. The minimum Gasteiger partial charge on any atom is -0.309 e. The van der Waals surface area contributed by atoms with Crippen LogP contribution in [0, 0.1) is 0 Å². The van der Waals surface area contributed by atoms with Crippen molar-refractivity contribution < 1.29 is 0 Å². The average molecular weight is 638 g/mol. The summed E-state index contributed by atoms with van der Waals surface area (Å²) < 4.78 is 2.42. The van der Waals surface area contributed by atoms with Gasteiger partial charge in [0.15, 0.2) is 0 Å². The normalized spacial score (nSPS) is 15.3. The van der Waals surface area contributed by atoms with Crippen molar-refractivity contribution in [3.63, 3.8) is 0 Å². The first-order valence-electron chi connectivity index (χ1n) is 17.6. The molecule has 8 aromatic carbocycles. The third kappa shape index (κ3) is 4.55. The summed E-state index contributed by atoms with van der Waals surface area (Å²) in [6.07, 6.45) is 0. The molecule has 1 nitrogen and oxygen atoms in total. The summed E-state index contributed by atoms with van der Waals surface area (Å²) in [5, 5.41) is 5.13. The van der Waals surface area contributed by atoms with Gasteiger partial charge >= 0.3 is 0 Å². The van der Waals surface area contributed by atoms with E-state index in [0.717, 1.165) is 0 Å². The highest BCUT2D eigenvalue weighted by Crippen LogP contribution is 2.51. The molecular weight excluding hydrogens is 603 g/mol. The lowest BCUT2D eigenvalue weighted by Crippen LogP contribution is -2.17. The zero-order valence-electron chi connectivity index (χ0n) is 27.9. The van der Waals surface area contributed by atoms with Gasteiger partial charge < -0.3 is 4.57 Å². The number of hydrogen-bond acceptors (Lipinski definition) is 0. The van der Waals surface area contributed by atoms with Crippen LogP contribution in [0.5, 0.6) is 0 Å². The van der Waals surface area contributed by atoms with Crippen LogP contribution >= 0.6 is 0 Å². The van der Waals surface area contributed by atoms with Crippen molar-refractivity contribution in [2.75, 3.05) is 0 Å². The Morgan fingerprint density at radius 1 is 0.400 bits per heavy atom. The molecule has 0 radical (unpaired) electrons. The van der Waals surface area contributed by atoms with Gasteiger partial charge in [0.05, 0.1) is 11.0 Å². The number of hydrogen-bond donors (Lipinski definition) is 0. The van der Waals surface area contributed by atoms with Gasteiger partial charge in [0.2, 0.25) is 0 Å². The van der Waals surface area contributed by atoms with Crippen LogP contribution in [0.1, 0.15) is 35.4 Å². The molecule has 0 aliphatic heterocycles. The Morgan fingerprint density at radius 3 is 2.02 bits per heavy atom. The molecule has 0 saturated carbocycles. The molecule has 2 unspecified atom stereocenters. The van der Waals surface area contributed by atoms with Gasteiger partial charge in [-0.25, -0.2) is 0 Å². The molecule has 0 saturated heterocycles. The molecule has 0 spiro atoms. The summed E-state index contributed by atoms with van der Waals surface area (Å²) in [6.45, 7) is 2.40. The van der Waals surface area contributed by atoms with Crippen molar-refractivity contribution in [3.8, 4) is 39.1 Å². The molecule has 2 atom stereocenters. The Labute approximate surface area is 292 Å².